The number of nitrogen functional groups attached to an aromatic ring is 1. The summed E-state index contributed by atoms with van der Waals surface area (Å²) in [5.74, 6) is 0.194. The zero-order chi connectivity index (χ0) is 22.3. The molecule has 7 nitrogen and oxygen atoms in total. The molecule has 0 amide bonds. The second-order valence-electron chi connectivity index (χ2n) is 7.52. The average Bonchev–Trinajstić information content (AvgIpc) is 3.18. The largest absolute Gasteiger partial charge is 0.390 e. The van der Waals surface area contributed by atoms with E-state index in [9.17, 15) is 19.0 Å². The molecule has 0 bridgehead atoms. The fraction of sp³-hybridized carbons (Fsp3) is 0.227. The van der Waals surface area contributed by atoms with Gasteiger partial charge in [0, 0.05) is 23.5 Å². The predicted molar refractivity (Wildman–Crippen MR) is 112 cm³/mol. The maximum atomic E-state index is 13.4. The number of hydrogen-bond acceptors (Lipinski definition) is 6. The van der Waals surface area contributed by atoms with Crippen LogP contribution < -0.4 is 5.73 Å². The highest BCUT2D eigenvalue weighted by molar-refractivity contribution is 5.74. The normalized spacial score (nSPS) is 13.6. The van der Waals surface area contributed by atoms with E-state index in [1.807, 2.05) is 6.92 Å². The topological polar surface area (TPSA) is 110 Å². The van der Waals surface area contributed by atoms with Crippen molar-refractivity contribution in [2.45, 2.75) is 32.5 Å². The fourth-order valence-electron chi connectivity index (χ4n) is 3.41. The molecule has 4 aromatic rings. The SMILES string of the molecule is Cc1ccc([C@](C)(O)C(F)F)cc1-c1cnc2c(N)nc(-c3ccnc(CO)c3)cn12. The van der Waals surface area contributed by atoms with Gasteiger partial charge in [-0.1, -0.05) is 12.1 Å². The molecule has 9 heteroatoms. The monoisotopic (exact) mass is 425 g/mol. The highest BCUT2D eigenvalue weighted by atomic mass is 19.3. The minimum absolute atomic E-state index is 0.0991. The highest BCUT2D eigenvalue weighted by Crippen LogP contribution is 2.34. The van der Waals surface area contributed by atoms with Gasteiger partial charge in [-0.3, -0.25) is 9.38 Å². The summed E-state index contributed by atoms with van der Waals surface area (Å²) in [4.78, 5) is 12.8. The van der Waals surface area contributed by atoms with Gasteiger partial charge in [0.15, 0.2) is 11.5 Å². The number of halogens is 2. The molecule has 0 spiro atoms. The van der Waals surface area contributed by atoms with Crippen LogP contribution in [0.4, 0.5) is 14.6 Å². The van der Waals surface area contributed by atoms with E-state index in [2.05, 4.69) is 15.0 Å². The smallest absolute Gasteiger partial charge is 0.270 e. The molecule has 1 atom stereocenters. The molecule has 0 saturated carbocycles. The van der Waals surface area contributed by atoms with Gasteiger partial charge in [-0.05, 0) is 43.2 Å². The number of aryl methyl sites for hydroxylation is 1. The number of hydrogen-bond donors (Lipinski definition) is 3. The zero-order valence-corrected chi connectivity index (χ0v) is 16.9. The summed E-state index contributed by atoms with van der Waals surface area (Å²) < 4.78 is 28.5. The first kappa shape index (κ1) is 20.8. The van der Waals surface area contributed by atoms with Crippen molar-refractivity contribution >= 4 is 11.5 Å². The van der Waals surface area contributed by atoms with Crippen molar-refractivity contribution in [2.75, 3.05) is 5.73 Å². The number of rotatable bonds is 5. The number of nitrogens with two attached hydrogens (primary N) is 1. The van der Waals surface area contributed by atoms with Gasteiger partial charge in [-0.25, -0.2) is 18.7 Å². The lowest BCUT2D eigenvalue weighted by molar-refractivity contribution is -0.0883. The van der Waals surface area contributed by atoms with Crippen LogP contribution in [0.2, 0.25) is 0 Å². The second-order valence-corrected chi connectivity index (χ2v) is 7.52. The van der Waals surface area contributed by atoms with E-state index in [0.29, 0.717) is 33.9 Å². The van der Waals surface area contributed by atoms with Crippen molar-refractivity contribution in [2.24, 2.45) is 0 Å². The van der Waals surface area contributed by atoms with Gasteiger partial charge in [-0.15, -0.1) is 0 Å². The molecule has 3 heterocycles. The minimum atomic E-state index is -2.94. The van der Waals surface area contributed by atoms with Crippen molar-refractivity contribution in [3.8, 4) is 22.5 Å². The molecule has 4 rings (SSSR count). The Morgan fingerprint density at radius 2 is 1.97 bits per heavy atom. The van der Waals surface area contributed by atoms with Crippen LogP contribution in [0.1, 0.15) is 23.7 Å². The van der Waals surface area contributed by atoms with Crippen LogP contribution in [-0.2, 0) is 12.2 Å². The Bertz CT molecular complexity index is 1270. The van der Waals surface area contributed by atoms with E-state index in [0.717, 1.165) is 12.5 Å². The Hall–Kier alpha value is -3.43. The van der Waals surface area contributed by atoms with Gasteiger partial charge in [0.05, 0.1) is 29.9 Å². The minimum Gasteiger partial charge on any atom is -0.390 e. The third kappa shape index (κ3) is 3.62. The van der Waals surface area contributed by atoms with Gasteiger partial charge in [0.2, 0.25) is 0 Å². The molecule has 3 aromatic heterocycles. The molecule has 0 unspecified atom stereocenters. The molecule has 0 aliphatic heterocycles. The van der Waals surface area contributed by atoms with Gasteiger partial charge in [-0.2, -0.15) is 0 Å². The number of benzene rings is 1. The first-order chi connectivity index (χ1) is 14.7. The number of aliphatic hydroxyl groups excluding tert-OH is 1. The van der Waals surface area contributed by atoms with Crippen LogP contribution >= 0.6 is 0 Å². The lowest BCUT2D eigenvalue weighted by Gasteiger charge is -2.23. The van der Waals surface area contributed by atoms with Crippen molar-refractivity contribution < 1.29 is 19.0 Å². The number of alkyl halides is 2. The lowest BCUT2D eigenvalue weighted by atomic mass is 9.92. The van der Waals surface area contributed by atoms with E-state index in [1.165, 1.54) is 12.1 Å². The van der Waals surface area contributed by atoms with E-state index in [4.69, 9.17) is 5.73 Å². The fourth-order valence-corrected chi connectivity index (χ4v) is 3.41. The molecule has 31 heavy (non-hydrogen) atoms. The molecule has 160 valence electrons. The number of imidazole rings is 1. The van der Waals surface area contributed by atoms with Crippen LogP contribution in [0.3, 0.4) is 0 Å². The Balaban J connectivity index is 1.91. The molecule has 4 N–H and O–H groups in total. The summed E-state index contributed by atoms with van der Waals surface area (Å²) in [5.41, 5.74) is 8.16. The second kappa shape index (κ2) is 7.68. The Kier molecular flexibility index (Phi) is 5.16. The number of fused-ring (bicyclic) bond motifs is 1. The summed E-state index contributed by atoms with van der Waals surface area (Å²) in [6, 6.07) is 8.16. The van der Waals surface area contributed by atoms with Crippen molar-refractivity contribution in [1.29, 1.82) is 0 Å². The van der Waals surface area contributed by atoms with Crippen LogP contribution in [0.25, 0.3) is 28.2 Å². The number of pyridine rings is 1. The molecular weight excluding hydrogens is 404 g/mol. The zero-order valence-electron chi connectivity index (χ0n) is 16.9. The van der Waals surface area contributed by atoms with Crippen molar-refractivity contribution in [3.63, 3.8) is 0 Å². The van der Waals surface area contributed by atoms with E-state index < -0.39 is 12.0 Å². The Labute approximate surface area is 176 Å². The standard InChI is InChI=1S/C22H21F2N5O2/c1-12-3-4-14(22(2,31)21(23)24)8-16(12)18-9-27-20-19(25)28-17(10-29(18)20)13-5-6-26-15(7-13)11-30/h3-10,21,30-31H,11H2,1-2H3,(H2,25,28)/t22-/m0/s1. The molecule has 1 aromatic carbocycles. The number of aliphatic hydroxyl groups is 2. The summed E-state index contributed by atoms with van der Waals surface area (Å²) in [5, 5.41) is 19.6. The summed E-state index contributed by atoms with van der Waals surface area (Å²) in [6.45, 7) is 2.72. The average molecular weight is 425 g/mol. The van der Waals surface area contributed by atoms with Crippen LogP contribution in [0.5, 0.6) is 0 Å². The molecule has 0 saturated heterocycles. The first-order valence-corrected chi connectivity index (χ1v) is 9.54. The van der Waals surface area contributed by atoms with E-state index in [-0.39, 0.29) is 18.0 Å². The molecular formula is C22H21F2N5O2. The van der Waals surface area contributed by atoms with Crippen LogP contribution in [0, 0.1) is 6.92 Å². The molecule has 0 aliphatic carbocycles. The van der Waals surface area contributed by atoms with Crippen LogP contribution in [-0.4, -0.2) is 36.0 Å². The summed E-state index contributed by atoms with van der Waals surface area (Å²) in [7, 11) is 0. The predicted octanol–water partition coefficient (Wildman–Crippen LogP) is 3.31. The number of nitrogens with zero attached hydrogens (tertiary/aromatic N) is 4. The third-order valence-corrected chi connectivity index (χ3v) is 5.32. The molecule has 0 radical (unpaired) electrons. The van der Waals surface area contributed by atoms with Crippen molar-refractivity contribution in [3.05, 3.63) is 65.7 Å². The van der Waals surface area contributed by atoms with Gasteiger partial charge >= 0.3 is 0 Å². The molecule has 0 aliphatic rings. The maximum absolute atomic E-state index is 13.4. The maximum Gasteiger partial charge on any atom is 0.270 e. The number of anilines is 1. The highest BCUT2D eigenvalue weighted by Gasteiger charge is 2.34. The number of aromatic nitrogens is 4. The lowest BCUT2D eigenvalue weighted by Crippen LogP contribution is -2.30. The van der Waals surface area contributed by atoms with Crippen molar-refractivity contribution in [1.82, 2.24) is 19.4 Å². The van der Waals surface area contributed by atoms with Gasteiger partial charge < -0.3 is 15.9 Å². The van der Waals surface area contributed by atoms with E-state index >= 15 is 0 Å². The Morgan fingerprint density at radius 3 is 2.68 bits per heavy atom. The first-order valence-electron chi connectivity index (χ1n) is 9.54. The third-order valence-electron chi connectivity index (χ3n) is 5.32. The van der Waals surface area contributed by atoms with Crippen LogP contribution in [0.15, 0.2) is 48.9 Å². The van der Waals surface area contributed by atoms with Gasteiger partial charge in [0.1, 0.15) is 5.60 Å². The quantitative estimate of drug-likeness (QED) is 0.453. The summed E-state index contributed by atoms with van der Waals surface area (Å²) in [6.07, 6.45) is 1.95. The van der Waals surface area contributed by atoms with Gasteiger partial charge in [0.25, 0.3) is 6.43 Å². The van der Waals surface area contributed by atoms with E-state index in [1.54, 1.807) is 41.2 Å². The summed E-state index contributed by atoms with van der Waals surface area (Å²) >= 11 is 0. The molecule has 0 fully saturated rings. The Morgan fingerprint density at radius 1 is 1.19 bits per heavy atom.